The van der Waals surface area contributed by atoms with Crippen LogP contribution >= 0.6 is 0 Å². The van der Waals surface area contributed by atoms with Gasteiger partial charge in [0.25, 0.3) is 0 Å². The molecule has 0 spiro atoms. The molecule has 1 aliphatic rings. The van der Waals surface area contributed by atoms with Crippen molar-refractivity contribution in [2.24, 2.45) is 5.92 Å². The monoisotopic (exact) mass is 268 g/mol. The Bertz CT molecular complexity index is 568. The van der Waals surface area contributed by atoms with Crippen molar-refractivity contribution < 1.29 is 9.53 Å². The molecule has 1 N–H and O–H groups in total. The molecular formula is C16H16N2O2. The largest absolute Gasteiger partial charge is 0.413 e. The molecule has 0 bridgehead atoms. The van der Waals surface area contributed by atoms with E-state index in [0.717, 1.165) is 18.4 Å². The zero-order valence-electron chi connectivity index (χ0n) is 11.0. The molecule has 4 heteroatoms. The quantitative estimate of drug-likeness (QED) is 0.925. The number of para-hydroxylation sites is 1. The molecule has 0 radical (unpaired) electrons. The topological polar surface area (TPSA) is 51.2 Å². The molecule has 1 unspecified atom stereocenters. The van der Waals surface area contributed by atoms with Gasteiger partial charge in [-0.3, -0.25) is 4.98 Å². The number of carbonyl (C=O) groups is 1. The van der Waals surface area contributed by atoms with Crippen LogP contribution in [0.4, 0.5) is 4.79 Å². The van der Waals surface area contributed by atoms with Gasteiger partial charge in [0.1, 0.15) is 5.75 Å². The van der Waals surface area contributed by atoms with Crippen LogP contribution in [0.1, 0.15) is 24.4 Å². The van der Waals surface area contributed by atoms with Gasteiger partial charge < -0.3 is 10.1 Å². The Balaban J connectivity index is 1.67. The summed E-state index contributed by atoms with van der Waals surface area (Å²) in [4.78, 5) is 16.1. The zero-order valence-corrected chi connectivity index (χ0v) is 11.0. The molecular weight excluding hydrogens is 252 g/mol. The Morgan fingerprint density at radius 1 is 1.20 bits per heavy atom. The lowest BCUT2D eigenvalue weighted by atomic mass is 10.1. The van der Waals surface area contributed by atoms with Crippen molar-refractivity contribution in [2.75, 3.05) is 0 Å². The van der Waals surface area contributed by atoms with E-state index in [1.165, 1.54) is 0 Å². The second-order valence-corrected chi connectivity index (χ2v) is 4.95. The molecule has 4 nitrogen and oxygen atoms in total. The molecule has 3 rings (SSSR count). The molecule has 2 aromatic rings. The lowest BCUT2D eigenvalue weighted by Gasteiger charge is -2.18. The molecule has 20 heavy (non-hydrogen) atoms. The predicted molar refractivity (Wildman–Crippen MR) is 75.3 cm³/mol. The molecule has 1 atom stereocenters. The third-order valence-corrected chi connectivity index (χ3v) is 3.36. The normalized spacial score (nSPS) is 15.4. The standard InChI is InChI=1S/C16H16N2O2/c19-16(20-14-6-2-1-3-7-14)18-15(12-8-9-12)13-5-4-10-17-11-13/h1-7,10-12,15H,8-9H2,(H,18,19). The van der Waals surface area contributed by atoms with Gasteiger partial charge in [-0.25, -0.2) is 4.79 Å². The summed E-state index contributed by atoms with van der Waals surface area (Å²) >= 11 is 0. The maximum Gasteiger partial charge on any atom is 0.413 e. The maximum absolute atomic E-state index is 12.0. The number of nitrogens with one attached hydrogen (secondary N) is 1. The van der Waals surface area contributed by atoms with Crippen LogP contribution in [0.15, 0.2) is 54.9 Å². The number of benzene rings is 1. The van der Waals surface area contributed by atoms with Gasteiger partial charge in [-0.05, 0) is 42.5 Å². The summed E-state index contributed by atoms with van der Waals surface area (Å²) in [5.74, 6) is 1.04. The van der Waals surface area contributed by atoms with Crippen molar-refractivity contribution in [3.8, 4) is 5.75 Å². The van der Waals surface area contributed by atoms with Crippen LogP contribution in [-0.4, -0.2) is 11.1 Å². The molecule has 1 heterocycles. The van der Waals surface area contributed by atoms with Gasteiger partial charge in [-0.15, -0.1) is 0 Å². The number of rotatable bonds is 4. The first kappa shape index (κ1) is 12.7. The number of ether oxygens (including phenoxy) is 1. The molecule has 1 aromatic heterocycles. The van der Waals surface area contributed by atoms with Gasteiger partial charge in [-0.2, -0.15) is 0 Å². The maximum atomic E-state index is 12.0. The van der Waals surface area contributed by atoms with Crippen molar-refractivity contribution in [2.45, 2.75) is 18.9 Å². The SMILES string of the molecule is O=C(NC(c1cccnc1)C1CC1)Oc1ccccc1. The van der Waals surface area contributed by atoms with Crippen LogP contribution in [0, 0.1) is 5.92 Å². The Morgan fingerprint density at radius 3 is 2.65 bits per heavy atom. The highest BCUT2D eigenvalue weighted by atomic mass is 16.6. The van der Waals surface area contributed by atoms with E-state index in [-0.39, 0.29) is 6.04 Å². The van der Waals surface area contributed by atoms with Gasteiger partial charge in [0, 0.05) is 12.4 Å². The highest BCUT2D eigenvalue weighted by Gasteiger charge is 2.34. The van der Waals surface area contributed by atoms with E-state index < -0.39 is 6.09 Å². The summed E-state index contributed by atoms with van der Waals surface area (Å²) in [5, 5.41) is 2.94. The lowest BCUT2D eigenvalue weighted by Crippen LogP contribution is -2.32. The van der Waals surface area contributed by atoms with E-state index in [9.17, 15) is 4.79 Å². The number of hydrogen-bond acceptors (Lipinski definition) is 3. The highest BCUT2D eigenvalue weighted by molar-refractivity contribution is 5.71. The second-order valence-electron chi connectivity index (χ2n) is 4.95. The van der Waals surface area contributed by atoms with Gasteiger partial charge in [0.2, 0.25) is 0 Å². The predicted octanol–water partition coefficient (Wildman–Crippen LogP) is 3.32. The minimum atomic E-state index is -0.419. The summed E-state index contributed by atoms with van der Waals surface area (Å²) in [5.41, 5.74) is 1.03. The summed E-state index contributed by atoms with van der Waals surface area (Å²) in [7, 11) is 0. The smallest absolute Gasteiger partial charge is 0.410 e. The highest BCUT2D eigenvalue weighted by Crippen LogP contribution is 2.40. The van der Waals surface area contributed by atoms with Crippen molar-refractivity contribution >= 4 is 6.09 Å². The van der Waals surface area contributed by atoms with E-state index in [0.29, 0.717) is 11.7 Å². The molecule has 1 aromatic carbocycles. The van der Waals surface area contributed by atoms with Crippen LogP contribution in [0.2, 0.25) is 0 Å². The average Bonchev–Trinajstić information content (AvgIpc) is 3.31. The van der Waals surface area contributed by atoms with E-state index in [4.69, 9.17) is 4.74 Å². The molecule has 1 aliphatic carbocycles. The van der Waals surface area contributed by atoms with E-state index >= 15 is 0 Å². The first-order valence-electron chi connectivity index (χ1n) is 6.76. The minimum absolute atomic E-state index is 0.0140. The number of pyridine rings is 1. The first-order valence-corrected chi connectivity index (χ1v) is 6.76. The zero-order chi connectivity index (χ0) is 13.8. The van der Waals surface area contributed by atoms with Crippen molar-refractivity contribution in [1.29, 1.82) is 0 Å². The number of hydrogen-bond donors (Lipinski definition) is 1. The molecule has 1 fully saturated rings. The summed E-state index contributed by atoms with van der Waals surface area (Å²) in [6.07, 6.45) is 5.37. The average molecular weight is 268 g/mol. The van der Waals surface area contributed by atoms with Crippen LogP contribution in [0.5, 0.6) is 5.75 Å². The minimum Gasteiger partial charge on any atom is -0.410 e. The molecule has 0 saturated heterocycles. The first-order chi connectivity index (χ1) is 9.83. The lowest BCUT2D eigenvalue weighted by molar-refractivity contribution is 0.194. The third-order valence-electron chi connectivity index (χ3n) is 3.36. The van der Waals surface area contributed by atoms with Crippen LogP contribution in [0.25, 0.3) is 0 Å². The third kappa shape index (κ3) is 3.15. The summed E-state index contributed by atoms with van der Waals surface area (Å²) in [6, 6.07) is 12.9. The number of amides is 1. The number of carbonyl (C=O) groups excluding carboxylic acids is 1. The fourth-order valence-corrected chi connectivity index (χ4v) is 2.21. The number of aromatic nitrogens is 1. The Morgan fingerprint density at radius 2 is 2.00 bits per heavy atom. The Kier molecular flexibility index (Phi) is 3.63. The molecule has 0 aliphatic heterocycles. The van der Waals surface area contributed by atoms with Crippen molar-refractivity contribution in [1.82, 2.24) is 10.3 Å². The van der Waals surface area contributed by atoms with Gasteiger partial charge in [-0.1, -0.05) is 24.3 Å². The van der Waals surface area contributed by atoms with E-state index in [1.807, 2.05) is 30.3 Å². The van der Waals surface area contributed by atoms with Crippen LogP contribution < -0.4 is 10.1 Å². The number of nitrogens with zero attached hydrogens (tertiary/aromatic N) is 1. The Labute approximate surface area is 117 Å². The van der Waals surface area contributed by atoms with Crippen molar-refractivity contribution in [3.63, 3.8) is 0 Å². The molecule has 102 valence electrons. The fraction of sp³-hybridized carbons (Fsp3) is 0.250. The van der Waals surface area contributed by atoms with Crippen LogP contribution in [0.3, 0.4) is 0 Å². The fourth-order valence-electron chi connectivity index (χ4n) is 2.21. The van der Waals surface area contributed by atoms with Gasteiger partial charge in [0.15, 0.2) is 0 Å². The van der Waals surface area contributed by atoms with Gasteiger partial charge in [0.05, 0.1) is 6.04 Å². The summed E-state index contributed by atoms with van der Waals surface area (Å²) in [6.45, 7) is 0. The molecule has 1 saturated carbocycles. The van der Waals surface area contributed by atoms with E-state index in [1.54, 1.807) is 24.5 Å². The second kappa shape index (κ2) is 5.74. The van der Waals surface area contributed by atoms with Crippen LogP contribution in [-0.2, 0) is 0 Å². The van der Waals surface area contributed by atoms with E-state index in [2.05, 4.69) is 10.3 Å². The van der Waals surface area contributed by atoms with Crippen molar-refractivity contribution in [3.05, 3.63) is 60.4 Å². The van der Waals surface area contributed by atoms with Gasteiger partial charge >= 0.3 is 6.09 Å². The molecule has 1 amide bonds. The Hall–Kier alpha value is -2.36. The summed E-state index contributed by atoms with van der Waals surface area (Å²) < 4.78 is 5.27.